The van der Waals surface area contributed by atoms with E-state index in [1.54, 1.807) is 4.90 Å². The van der Waals surface area contributed by atoms with Crippen LogP contribution in [0.25, 0.3) is 0 Å². The molecule has 1 aliphatic heterocycles. The molecule has 0 bridgehead atoms. The largest absolute Gasteiger partial charge is 0.370 e. The Morgan fingerprint density at radius 3 is 2.47 bits per heavy atom. The first-order chi connectivity index (χ1) is 16.4. The molecule has 1 aliphatic rings. The predicted molar refractivity (Wildman–Crippen MR) is 133 cm³/mol. The fraction of sp³-hybridized carbons (Fsp3) is 0.250. The molecule has 1 unspecified atom stereocenters. The van der Waals surface area contributed by atoms with Crippen LogP contribution in [0.5, 0.6) is 0 Å². The summed E-state index contributed by atoms with van der Waals surface area (Å²) in [7, 11) is 0. The monoisotopic (exact) mass is 522 g/mol. The number of carbonyl (C=O) groups excluding carboxylic acids is 1. The standard InChI is InChI=1S/C24H22Cl3FN4O2/c25-19-10-17(6-7-22(19)28)30-24(33)32-9-8-31(23-20(26)11-29-12-21(23)27)13-18(14-32)34-15-16-4-2-1-3-5-16/h1-7,10-12,18H,8-9,13-15H2,(H,30,33). The van der Waals surface area contributed by atoms with E-state index in [0.29, 0.717) is 54.2 Å². The lowest BCUT2D eigenvalue weighted by molar-refractivity contribution is 0.0342. The number of amides is 2. The number of hydrogen-bond donors (Lipinski definition) is 1. The number of hydrogen-bond acceptors (Lipinski definition) is 4. The lowest BCUT2D eigenvalue weighted by Crippen LogP contribution is -2.41. The summed E-state index contributed by atoms with van der Waals surface area (Å²) in [6.07, 6.45) is 2.75. The number of benzene rings is 2. The van der Waals surface area contributed by atoms with Gasteiger partial charge in [-0.05, 0) is 23.8 Å². The number of ether oxygens (including phenoxy) is 1. The second-order valence-corrected chi connectivity index (χ2v) is 9.04. The smallest absolute Gasteiger partial charge is 0.321 e. The summed E-state index contributed by atoms with van der Waals surface area (Å²) in [4.78, 5) is 20.7. The first-order valence-corrected chi connectivity index (χ1v) is 11.7. The van der Waals surface area contributed by atoms with Crippen molar-refractivity contribution >= 4 is 52.2 Å². The fourth-order valence-electron chi connectivity index (χ4n) is 3.74. The average molecular weight is 524 g/mol. The molecule has 4 rings (SSSR count). The van der Waals surface area contributed by atoms with Crippen molar-refractivity contribution in [3.8, 4) is 0 Å². The van der Waals surface area contributed by atoms with E-state index in [9.17, 15) is 9.18 Å². The van der Waals surface area contributed by atoms with Crippen molar-refractivity contribution in [1.29, 1.82) is 0 Å². The molecule has 1 saturated heterocycles. The average Bonchev–Trinajstić information content (AvgIpc) is 3.04. The third-order valence-electron chi connectivity index (χ3n) is 5.42. The third-order valence-corrected chi connectivity index (χ3v) is 6.26. The number of pyridine rings is 1. The topological polar surface area (TPSA) is 57.7 Å². The first kappa shape index (κ1) is 24.5. The molecule has 0 saturated carbocycles. The van der Waals surface area contributed by atoms with Crippen LogP contribution in [0.4, 0.5) is 20.6 Å². The zero-order chi connectivity index (χ0) is 24.1. The second kappa shape index (κ2) is 11.2. The highest BCUT2D eigenvalue weighted by Gasteiger charge is 2.28. The van der Waals surface area contributed by atoms with Crippen LogP contribution >= 0.6 is 34.8 Å². The van der Waals surface area contributed by atoms with Gasteiger partial charge in [0.15, 0.2) is 0 Å². The Balaban J connectivity index is 1.53. The molecular weight excluding hydrogens is 502 g/mol. The van der Waals surface area contributed by atoms with Crippen LogP contribution in [0.1, 0.15) is 5.56 Å². The molecule has 1 aromatic heterocycles. The summed E-state index contributed by atoms with van der Waals surface area (Å²) in [6, 6.07) is 13.5. The molecule has 1 N–H and O–H groups in total. The van der Waals surface area contributed by atoms with E-state index in [0.717, 1.165) is 5.56 Å². The van der Waals surface area contributed by atoms with Crippen molar-refractivity contribution in [2.45, 2.75) is 12.7 Å². The van der Waals surface area contributed by atoms with Gasteiger partial charge in [0, 0.05) is 37.7 Å². The SMILES string of the molecule is O=C(Nc1ccc(F)c(Cl)c1)N1CCN(c2c(Cl)cncc2Cl)CC(OCc2ccccc2)C1. The van der Waals surface area contributed by atoms with Gasteiger partial charge in [-0.15, -0.1) is 0 Å². The van der Waals surface area contributed by atoms with Crippen molar-refractivity contribution in [2.75, 3.05) is 36.4 Å². The van der Waals surface area contributed by atoms with Crippen LogP contribution in [-0.4, -0.2) is 48.2 Å². The Hall–Kier alpha value is -2.58. The van der Waals surface area contributed by atoms with Crippen LogP contribution in [0.2, 0.25) is 15.1 Å². The van der Waals surface area contributed by atoms with Crippen LogP contribution in [-0.2, 0) is 11.3 Å². The Labute approximate surface area is 212 Å². The van der Waals surface area contributed by atoms with Gasteiger partial charge in [0.25, 0.3) is 0 Å². The number of urea groups is 1. The van der Waals surface area contributed by atoms with E-state index in [2.05, 4.69) is 10.3 Å². The minimum atomic E-state index is -0.550. The van der Waals surface area contributed by atoms with Crippen molar-refractivity contribution in [3.05, 3.63) is 87.4 Å². The maximum Gasteiger partial charge on any atom is 0.321 e. The third kappa shape index (κ3) is 6.10. The van der Waals surface area contributed by atoms with Crippen LogP contribution in [0, 0.1) is 5.82 Å². The van der Waals surface area contributed by atoms with Crippen LogP contribution < -0.4 is 10.2 Å². The number of rotatable bonds is 5. The number of nitrogens with zero attached hydrogens (tertiary/aromatic N) is 3. The van der Waals surface area contributed by atoms with Crippen molar-refractivity contribution in [2.24, 2.45) is 0 Å². The predicted octanol–water partition coefficient (Wildman–Crippen LogP) is 6.12. The highest BCUT2D eigenvalue weighted by Crippen LogP contribution is 2.33. The van der Waals surface area contributed by atoms with Crippen LogP contribution in [0.3, 0.4) is 0 Å². The van der Waals surface area contributed by atoms with Crippen molar-refractivity contribution < 1.29 is 13.9 Å². The molecule has 2 amide bonds. The van der Waals surface area contributed by atoms with Crippen molar-refractivity contribution in [1.82, 2.24) is 9.88 Å². The number of halogens is 4. The summed E-state index contributed by atoms with van der Waals surface area (Å²) in [5.74, 6) is -0.550. The Kier molecular flexibility index (Phi) is 8.11. The minimum absolute atomic E-state index is 0.0640. The lowest BCUT2D eigenvalue weighted by Gasteiger charge is -2.27. The minimum Gasteiger partial charge on any atom is -0.370 e. The van der Waals surface area contributed by atoms with E-state index < -0.39 is 5.82 Å². The Morgan fingerprint density at radius 1 is 1.03 bits per heavy atom. The van der Waals surface area contributed by atoms with E-state index in [1.807, 2.05) is 35.2 Å². The van der Waals surface area contributed by atoms with E-state index in [-0.39, 0.29) is 17.2 Å². The van der Waals surface area contributed by atoms with Crippen molar-refractivity contribution in [3.63, 3.8) is 0 Å². The van der Waals surface area contributed by atoms with Gasteiger partial charge in [-0.25, -0.2) is 9.18 Å². The summed E-state index contributed by atoms with van der Waals surface area (Å²) >= 11 is 18.7. The normalized spacial score (nSPS) is 16.3. The molecule has 2 heterocycles. The number of aromatic nitrogens is 1. The highest BCUT2D eigenvalue weighted by molar-refractivity contribution is 6.38. The van der Waals surface area contributed by atoms with Gasteiger partial charge < -0.3 is 19.9 Å². The molecule has 0 radical (unpaired) electrons. The molecule has 1 atom stereocenters. The Morgan fingerprint density at radius 2 is 1.76 bits per heavy atom. The van der Waals surface area contributed by atoms with Gasteiger partial charge in [0.1, 0.15) is 5.82 Å². The van der Waals surface area contributed by atoms with Gasteiger partial charge in [0.05, 0.1) is 40.0 Å². The lowest BCUT2D eigenvalue weighted by atomic mass is 10.2. The molecule has 10 heteroatoms. The Bertz CT molecular complexity index is 1130. The molecular formula is C24H22Cl3FN4O2. The van der Waals surface area contributed by atoms with Crippen LogP contribution in [0.15, 0.2) is 60.9 Å². The molecule has 0 spiro atoms. The molecule has 178 valence electrons. The zero-order valence-electron chi connectivity index (χ0n) is 18.1. The summed E-state index contributed by atoms with van der Waals surface area (Å²) < 4.78 is 19.7. The van der Waals surface area contributed by atoms with Gasteiger partial charge in [-0.1, -0.05) is 65.1 Å². The van der Waals surface area contributed by atoms with E-state index in [4.69, 9.17) is 39.5 Å². The molecule has 6 nitrogen and oxygen atoms in total. The highest BCUT2D eigenvalue weighted by atomic mass is 35.5. The summed E-state index contributed by atoms with van der Waals surface area (Å²) in [6.45, 7) is 2.07. The maximum absolute atomic E-state index is 13.5. The molecule has 3 aromatic rings. The summed E-state index contributed by atoms with van der Waals surface area (Å²) in [5, 5.41) is 3.56. The number of nitrogens with one attached hydrogen (secondary N) is 1. The number of carbonyl (C=O) groups is 1. The molecule has 0 aliphatic carbocycles. The number of anilines is 2. The van der Waals surface area contributed by atoms with Gasteiger partial charge >= 0.3 is 6.03 Å². The van der Waals surface area contributed by atoms with Gasteiger partial charge in [0.2, 0.25) is 0 Å². The molecule has 34 heavy (non-hydrogen) atoms. The quantitative estimate of drug-likeness (QED) is 0.438. The fourth-order valence-corrected chi connectivity index (χ4v) is 4.52. The van der Waals surface area contributed by atoms with E-state index >= 15 is 0 Å². The maximum atomic E-state index is 13.5. The second-order valence-electron chi connectivity index (χ2n) is 7.82. The zero-order valence-corrected chi connectivity index (χ0v) is 20.3. The van der Waals surface area contributed by atoms with Gasteiger partial charge in [-0.3, -0.25) is 4.98 Å². The molecule has 1 fully saturated rings. The summed E-state index contributed by atoms with van der Waals surface area (Å²) in [5.41, 5.74) is 2.08. The molecule has 2 aromatic carbocycles. The van der Waals surface area contributed by atoms with Gasteiger partial charge in [-0.2, -0.15) is 0 Å². The first-order valence-electron chi connectivity index (χ1n) is 10.6. The van der Waals surface area contributed by atoms with E-state index in [1.165, 1.54) is 30.6 Å².